The molecule has 1 amide bonds. The van der Waals surface area contributed by atoms with Crippen LogP contribution in [-0.2, 0) is 16.5 Å². The number of rotatable bonds is 5. The summed E-state index contributed by atoms with van der Waals surface area (Å²) in [5.41, 5.74) is 0.642. The molecule has 2 rings (SSSR count). The van der Waals surface area contributed by atoms with E-state index >= 15 is 0 Å². The van der Waals surface area contributed by atoms with Gasteiger partial charge in [0.25, 0.3) is 5.91 Å². The summed E-state index contributed by atoms with van der Waals surface area (Å²) in [4.78, 5) is 12.1. The van der Waals surface area contributed by atoms with Gasteiger partial charge >= 0.3 is 0 Å². The molecular weight excluding hydrogens is 324 g/mol. The minimum absolute atomic E-state index is 0.0662. The van der Waals surface area contributed by atoms with Gasteiger partial charge in [-0.05, 0) is 34.8 Å². The van der Waals surface area contributed by atoms with Crippen molar-refractivity contribution in [1.29, 1.82) is 0 Å². The molecule has 1 atom stereocenters. The van der Waals surface area contributed by atoms with E-state index in [1.54, 1.807) is 4.57 Å². The van der Waals surface area contributed by atoms with Gasteiger partial charge in [-0.3, -0.25) is 4.79 Å². The van der Waals surface area contributed by atoms with Crippen LogP contribution in [0.1, 0.15) is 30.8 Å². The molecule has 1 unspecified atom stereocenters. The number of carbonyl (C=O) groups excluding carboxylic acids is 1. The van der Waals surface area contributed by atoms with E-state index in [4.69, 9.17) is 9.47 Å². The molecule has 1 aromatic rings. The number of aromatic nitrogens is 1. The molecule has 0 radical (unpaired) electrons. The van der Waals surface area contributed by atoms with Crippen molar-refractivity contribution >= 4 is 21.8 Å². The third-order valence-corrected chi connectivity index (χ3v) is 3.87. The number of carbonyl (C=O) groups is 1. The van der Waals surface area contributed by atoms with E-state index in [2.05, 4.69) is 28.2 Å². The maximum absolute atomic E-state index is 12.1. The molecule has 1 saturated heterocycles. The Kier molecular flexibility index (Phi) is 4.88. The monoisotopic (exact) mass is 344 g/mol. The Hall–Kier alpha value is -0.850. The van der Waals surface area contributed by atoms with Crippen molar-refractivity contribution in [2.75, 3.05) is 19.8 Å². The lowest BCUT2D eigenvalue weighted by atomic mass is 10.0. The van der Waals surface area contributed by atoms with Gasteiger partial charge in [0.05, 0.1) is 13.2 Å². The molecule has 5 nitrogen and oxygen atoms in total. The van der Waals surface area contributed by atoms with Crippen LogP contribution in [0.5, 0.6) is 0 Å². The largest absolute Gasteiger partial charge is 0.350 e. The lowest BCUT2D eigenvalue weighted by molar-refractivity contribution is -0.153. The Morgan fingerprint density at radius 3 is 2.75 bits per heavy atom. The summed E-state index contributed by atoms with van der Waals surface area (Å²) in [5.74, 6) is -0.285. The van der Waals surface area contributed by atoms with Crippen molar-refractivity contribution in [2.45, 2.75) is 26.1 Å². The average molecular weight is 345 g/mol. The van der Waals surface area contributed by atoms with Gasteiger partial charge in [-0.15, -0.1) is 0 Å². The first-order valence-electron chi connectivity index (χ1n) is 6.77. The van der Waals surface area contributed by atoms with Crippen LogP contribution in [0.25, 0.3) is 0 Å². The summed E-state index contributed by atoms with van der Waals surface area (Å²) < 4.78 is 13.9. The summed E-state index contributed by atoms with van der Waals surface area (Å²) in [6.07, 6.45) is 2.63. The fourth-order valence-corrected chi connectivity index (χ4v) is 3.01. The molecule has 1 N–H and O–H groups in total. The minimum Gasteiger partial charge on any atom is -0.350 e. The highest BCUT2D eigenvalue weighted by molar-refractivity contribution is 9.10. The Balaban J connectivity index is 1.82. The fourth-order valence-electron chi connectivity index (χ4n) is 2.49. The van der Waals surface area contributed by atoms with Crippen LogP contribution >= 0.6 is 15.9 Å². The Labute approximate surface area is 127 Å². The third kappa shape index (κ3) is 3.84. The molecule has 6 heteroatoms. The van der Waals surface area contributed by atoms with Crippen LogP contribution in [0.2, 0.25) is 0 Å². The first-order chi connectivity index (χ1) is 9.39. The van der Waals surface area contributed by atoms with E-state index in [9.17, 15) is 4.79 Å². The molecule has 1 aliphatic heterocycles. The second-order valence-electron chi connectivity index (χ2n) is 5.50. The maximum Gasteiger partial charge on any atom is 0.267 e. The van der Waals surface area contributed by atoms with Crippen LogP contribution < -0.4 is 5.32 Å². The molecule has 1 aromatic heterocycles. The van der Waals surface area contributed by atoms with Crippen molar-refractivity contribution in [2.24, 2.45) is 13.0 Å². The zero-order chi connectivity index (χ0) is 14.8. The molecule has 2 heterocycles. The highest BCUT2D eigenvalue weighted by atomic mass is 79.9. The smallest absolute Gasteiger partial charge is 0.267 e. The van der Waals surface area contributed by atoms with E-state index in [0.29, 0.717) is 25.5 Å². The molecule has 112 valence electrons. The van der Waals surface area contributed by atoms with E-state index in [1.807, 2.05) is 26.2 Å². The van der Waals surface area contributed by atoms with Gasteiger partial charge in [0.1, 0.15) is 5.69 Å². The molecule has 1 aliphatic rings. The quantitative estimate of drug-likeness (QED) is 0.891. The first-order valence-corrected chi connectivity index (χ1v) is 7.57. The van der Waals surface area contributed by atoms with Crippen molar-refractivity contribution in [3.05, 3.63) is 22.4 Å². The highest BCUT2D eigenvalue weighted by Crippen LogP contribution is 2.26. The Morgan fingerprint density at radius 2 is 2.20 bits per heavy atom. The molecule has 0 aliphatic carbocycles. The van der Waals surface area contributed by atoms with Gasteiger partial charge < -0.3 is 19.4 Å². The molecule has 1 fully saturated rings. The van der Waals surface area contributed by atoms with Gasteiger partial charge in [0.15, 0.2) is 5.79 Å². The predicted octanol–water partition coefficient (Wildman–Crippen LogP) is 2.31. The topological polar surface area (TPSA) is 52.5 Å². The minimum atomic E-state index is -0.502. The normalized spacial score (nSPS) is 19.0. The summed E-state index contributed by atoms with van der Waals surface area (Å²) in [5, 5.41) is 2.95. The number of nitrogens with one attached hydrogen (secondary N) is 1. The number of hydrogen-bond donors (Lipinski definition) is 1. The number of aryl methyl sites for hydroxylation is 1. The third-order valence-electron chi connectivity index (χ3n) is 3.43. The van der Waals surface area contributed by atoms with Crippen molar-refractivity contribution in [3.8, 4) is 0 Å². The fraction of sp³-hybridized carbons (Fsp3) is 0.643. The predicted molar refractivity (Wildman–Crippen MR) is 79.5 cm³/mol. The lowest BCUT2D eigenvalue weighted by Crippen LogP contribution is -2.34. The second-order valence-corrected chi connectivity index (χ2v) is 6.42. The first kappa shape index (κ1) is 15.5. The van der Waals surface area contributed by atoms with E-state index in [0.717, 1.165) is 10.9 Å². The van der Waals surface area contributed by atoms with Gasteiger partial charge in [-0.2, -0.15) is 0 Å². The van der Waals surface area contributed by atoms with E-state index in [-0.39, 0.29) is 11.8 Å². The summed E-state index contributed by atoms with van der Waals surface area (Å²) in [6.45, 7) is 5.92. The zero-order valence-electron chi connectivity index (χ0n) is 12.1. The van der Waals surface area contributed by atoms with E-state index < -0.39 is 5.79 Å². The van der Waals surface area contributed by atoms with Crippen LogP contribution in [0, 0.1) is 5.92 Å². The van der Waals surface area contributed by atoms with Crippen molar-refractivity contribution in [3.63, 3.8) is 0 Å². The maximum atomic E-state index is 12.1. The molecule has 0 saturated carbocycles. The number of ether oxygens (including phenoxy) is 2. The van der Waals surface area contributed by atoms with Crippen LogP contribution in [0.3, 0.4) is 0 Å². The molecule has 0 bridgehead atoms. The standard InChI is InChI=1S/C14H21BrN2O3/c1-10(7-14(2)19-4-5-20-14)8-16-13(18)12-6-11(15)9-17(12)3/h6,9-10H,4-5,7-8H2,1-3H3,(H,16,18). The lowest BCUT2D eigenvalue weighted by Gasteiger charge is -2.26. The van der Waals surface area contributed by atoms with Gasteiger partial charge in [0.2, 0.25) is 0 Å². The van der Waals surface area contributed by atoms with Crippen molar-refractivity contribution in [1.82, 2.24) is 9.88 Å². The summed E-state index contributed by atoms with van der Waals surface area (Å²) >= 11 is 3.36. The summed E-state index contributed by atoms with van der Waals surface area (Å²) in [7, 11) is 1.85. The van der Waals surface area contributed by atoms with Crippen LogP contribution in [0.4, 0.5) is 0 Å². The van der Waals surface area contributed by atoms with Gasteiger partial charge in [-0.1, -0.05) is 6.92 Å². The number of halogens is 1. The van der Waals surface area contributed by atoms with E-state index in [1.165, 1.54) is 0 Å². The average Bonchev–Trinajstić information content (AvgIpc) is 2.92. The molecule has 20 heavy (non-hydrogen) atoms. The SMILES string of the molecule is CC(CNC(=O)c1cc(Br)cn1C)CC1(C)OCCO1. The Bertz CT molecular complexity index is 481. The molecule has 0 aromatic carbocycles. The highest BCUT2D eigenvalue weighted by Gasteiger charge is 2.32. The van der Waals surface area contributed by atoms with Crippen LogP contribution in [-0.4, -0.2) is 36.0 Å². The second kappa shape index (κ2) is 6.28. The zero-order valence-corrected chi connectivity index (χ0v) is 13.7. The Morgan fingerprint density at radius 1 is 1.55 bits per heavy atom. The van der Waals surface area contributed by atoms with Crippen LogP contribution in [0.15, 0.2) is 16.7 Å². The summed E-state index contributed by atoms with van der Waals surface area (Å²) in [6, 6.07) is 1.81. The number of nitrogens with zero attached hydrogens (tertiary/aromatic N) is 1. The molecular formula is C14H21BrN2O3. The van der Waals surface area contributed by atoms with Gasteiger partial charge in [0, 0.05) is 30.7 Å². The van der Waals surface area contributed by atoms with Crippen molar-refractivity contribution < 1.29 is 14.3 Å². The van der Waals surface area contributed by atoms with Gasteiger partial charge in [-0.25, -0.2) is 0 Å². The molecule has 0 spiro atoms. The number of hydrogen-bond acceptors (Lipinski definition) is 3. The number of amides is 1.